The smallest absolute Gasteiger partial charge is 0.309 e. The number of likely N-dealkylation sites (N-methyl/N-ethyl adjacent to an activating group) is 1. The average molecular weight is 1170 g/mol. The molecule has 0 bridgehead atoms. The van der Waals surface area contributed by atoms with Crippen molar-refractivity contribution in [2.45, 2.75) is 250 Å². The van der Waals surface area contributed by atoms with Gasteiger partial charge in [0.1, 0.15) is 0 Å². The van der Waals surface area contributed by atoms with Crippen molar-refractivity contribution in [1.82, 2.24) is 19.6 Å². The first-order valence-electron chi connectivity index (χ1n) is 31.6. The molecule has 3 aliphatic rings. The number of aliphatic carboxylic acids is 1. The standard InChI is InChI=1S/C64H116N4O11Si2/c1-21-24-26-27-28-29-30-31-32-33-35-66-53(69)47(40-61(6,7)8)50(56(66)72)63(11,12)42-48-51(57(73)67(54(48)70)37-36-65(15)16)64(13,14)43-49-52(62(9,10)41-46(59(75)76)45(5)60(77)78-23-3)58(74)68(55(49)71)44(4)34-39-81(19,20)79-80(17,18)38-25-22-2/h44-52H,21-43H2,1-20H3,(H,75,76). The molecule has 0 aromatic carbocycles. The summed E-state index contributed by atoms with van der Waals surface area (Å²) in [7, 11) is -0.499. The highest BCUT2D eigenvalue weighted by molar-refractivity contribution is 6.84. The molecule has 3 saturated heterocycles. The summed E-state index contributed by atoms with van der Waals surface area (Å²) in [5, 5.41) is 10.7. The Kier molecular flexibility index (Phi) is 26.8. The first-order valence-corrected chi connectivity index (χ1v) is 37.9. The van der Waals surface area contributed by atoms with E-state index >= 15 is 19.2 Å². The molecule has 0 aliphatic carbocycles. The molecule has 0 aromatic heterocycles. The third-order valence-corrected chi connectivity index (χ3v) is 25.9. The second kappa shape index (κ2) is 30.2. The van der Waals surface area contributed by atoms with Crippen molar-refractivity contribution in [3.8, 4) is 0 Å². The van der Waals surface area contributed by atoms with Crippen LogP contribution in [0.15, 0.2) is 0 Å². The lowest BCUT2D eigenvalue weighted by Crippen LogP contribution is -2.46. The Labute approximate surface area is 493 Å². The minimum absolute atomic E-state index is 0.0168. The molecular weight excluding hydrogens is 1060 g/mol. The van der Waals surface area contributed by atoms with Gasteiger partial charge in [-0.05, 0) is 126 Å². The minimum Gasteiger partial charge on any atom is -0.481 e. The monoisotopic (exact) mass is 1170 g/mol. The van der Waals surface area contributed by atoms with Gasteiger partial charge in [0.05, 0.1) is 54.0 Å². The topological polar surface area (TPSA) is 188 Å². The molecule has 466 valence electrons. The Bertz CT molecular complexity index is 2150. The van der Waals surface area contributed by atoms with Crippen LogP contribution in [0.1, 0.15) is 206 Å². The van der Waals surface area contributed by atoms with E-state index in [9.17, 15) is 24.3 Å². The third-order valence-electron chi connectivity index (χ3n) is 18.5. The zero-order chi connectivity index (χ0) is 61.8. The summed E-state index contributed by atoms with van der Waals surface area (Å²) >= 11 is 0. The van der Waals surface area contributed by atoms with Crippen molar-refractivity contribution in [3.05, 3.63) is 0 Å². The lowest BCUT2D eigenvalue weighted by Gasteiger charge is -2.42. The van der Waals surface area contributed by atoms with Crippen LogP contribution in [-0.4, -0.2) is 135 Å². The van der Waals surface area contributed by atoms with Crippen LogP contribution in [0.25, 0.3) is 0 Å². The number of likely N-dealkylation sites (tertiary alicyclic amines) is 3. The van der Waals surface area contributed by atoms with Crippen molar-refractivity contribution in [1.29, 1.82) is 0 Å². The number of nitrogens with zero attached hydrogens (tertiary/aromatic N) is 4. The van der Waals surface area contributed by atoms with Crippen LogP contribution >= 0.6 is 0 Å². The van der Waals surface area contributed by atoms with Gasteiger partial charge in [0.2, 0.25) is 35.4 Å². The van der Waals surface area contributed by atoms with Gasteiger partial charge in [0.25, 0.3) is 0 Å². The van der Waals surface area contributed by atoms with Gasteiger partial charge in [-0.15, -0.1) is 0 Å². The van der Waals surface area contributed by atoms with Crippen LogP contribution in [0.2, 0.25) is 38.3 Å². The number of unbranched alkanes of at least 4 members (excludes halogenated alkanes) is 10. The van der Waals surface area contributed by atoms with Crippen LogP contribution in [0.3, 0.4) is 0 Å². The van der Waals surface area contributed by atoms with Gasteiger partial charge in [-0.2, -0.15) is 0 Å². The number of carboxylic acid groups (broad SMARTS) is 1. The van der Waals surface area contributed by atoms with E-state index < -0.39 is 110 Å². The number of rotatable bonds is 37. The number of imide groups is 3. The molecule has 3 fully saturated rings. The summed E-state index contributed by atoms with van der Waals surface area (Å²) in [5.41, 5.74) is -3.51. The highest BCUT2D eigenvalue weighted by Gasteiger charge is 2.63. The van der Waals surface area contributed by atoms with Crippen LogP contribution in [0, 0.1) is 69.0 Å². The van der Waals surface area contributed by atoms with Crippen LogP contribution in [0.5, 0.6) is 0 Å². The molecule has 1 N–H and O–H groups in total. The van der Waals surface area contributed by atoms with Crippen molar-refractivity contribution in [2.75, 3.05) is 40.3 Å². The molecule has 81 heavy (non-hydrogen) atoms. The third kappa shape index (κ3) is 19.6. The number of carbonyl (C=O) groups excluding carboxylic acids is 7. The molecule has 0 radical (unpaired) electrons. The van der Waals surface area contributed by atoms with Gasteiger partial charge in [0, 0.05) is 25.7 Å². The van der Waals surface area contributed by atoms with E-state index in [4.69, 9.17) is 8.85 Å². The van der Waals surface area contributed by atoms with Crippen molar-refractivity contribution in [3.63, 3.8) is 0 Å². The summed E-state index contributed by atoms with van der Waals surface area (Å²) in [6, 6.07) is 1.23. The first-order chi connectivity index (χ1) is 37.3. The van der Waals surface area contributed by atoms with Gasteiger partial charge in [-0.25, -0.2) is 0 Å². The molecule has 0 aromatic rings. The van der Waals surface area contributed by atoms with Gasteiger partial charge in [-0.3, -0.25) is 53.1 Å². The molecule has 3 aliphatic heterocycles. The van der Waals surface area contributed by atoms with E-state index in [1.807, 2.05) is 53.6 Å². The summed E-state index contributed by atoms with van der Waals surface area (Å²) in [6.45, 7) is 36.8. The molecular formula is C64H116N4O11Si2. The minimum atomic E-state index is -2.27. The van der Waals surface area contributed by atoms with Crippen LogP contribution in [-0.2, 0) is 47.2 Å². The predicted octanol–water partition coefficient (Wildman–Crippen LogP) is 12.9. The number of carboxylic acids is 1. The Morgan fingerprint density at radius 2 is 1.00 bits per heavy atom. The van der Waals surface area contributed by atoms with Crippen LogP contribution < -0.4 is 0 Å². The summed E-state index contributed by atoms with van der Waals surface area (Å²) in [4.78, 5) is 123. The quantitative estimate of drug-likeness (QED) is 0.0269. The van der Waals surface area contributed by atoms with Gasteiger partial charge in [0.15, 0.2) is 16.6 Å². The number of hydrogen-bond donors (Lipinski definition) is 1. The molecule has 6 amide bonds. The fraction of sp³-hybridized carbons (Fsp3) is 0.875. The Hall–Kier alpha value is -3.29. The number of carbonyl (C=O) groups is 8. The van der Waals surface area contributed by atoms with Gasteiger partial charge in [-0.1, -0.05) is 154 Å². The van der Waals surface area contributed by atoms with E-state index in [1.165, 1.54) is 60.1 Å². The summed E-state index contributed by atoms with van der Waals surface area (Å²) in [5.74, 6) is -11.4. The fourth-order valence-corrected chi connectivity index (χ4v) is 23.4. The lowest BCUT2D eigenvalue weighted by atomic mass is 9.59. The highest BCUT2D eigenvalue weighted by atomic mass is 28.4. The predicted molar refractivity (Wildman–Crippen MR) is 327 cm³/mol. The van der Waals surface area contributed by atoms with E-state index in [0.717, 1.165) is 44.6 Å². The van der Waals surface area contributed by atoms with E-state index in [2.05, 4.69) is 60.8 Å². The Morgan fingerprint density at radius 1 is 0.568 bits per heavy atom. The van der Waals surface area contributed by atoms with E-state index in [-0.39, 0.29) is 61.5 Å². The normalized spacial score (nSPS) is 23.0. The molecule has 15 nitrogen and oxygen atoms in total. The maximum Gasteiger partial charge on any atom is 0.309 e. The largest absolute Gasteiger partial charge is 0.481 e. The fourth-order valence-electron chi connectivity index (χ4n) is 14.3. The summed E-state index contributed by atoms with van der Waals surface area (Å²) in [6.07, 6.45) is 14.5. The van der Waals surface area contributed by atoms with Crippen LogP contribution in [0.4, 0.5) is 0 Å². The maximum absolute atomic E-state index is 15.5. The lowest BCUT2D eigenvalue weighted by molar-refractivity contribution is -0.158. The zero-order valence-corrected chi connectivity index (χ0v) is 56.8. The molecule has 17 heteroatoms. The molecule has 0 spiro atoms. The molecule has 3 rings (SSSR count). The number of hydrogen-bond acceptors (Lipinski definition) is 11. The van der Waals surface area contributed by atoms with Gasteiger partial charge < -0.3 is 18.9 Å². The zero-order valence-electron chi connectivity index (χ0n) is 54.8. The highest BCUT2D eigenvalue weighted by Crippen LogP contribution is 2.56. The first kappa shape index (κ1) is 72.0. The van der Waals surface area contributed by atoms with Crippen molar-refractivity contribution in [2.24, 2.45) is 69.0 Å². The molecule has 3 heterocycles. The average Bonchev–Trinajstić information content (AvgIpc) is 3.83. The molecule has 9 unspecified atom stereocenters. The number of esters is 1. The Balaban J connectivity index is 2.13. The van der Waals surface area contributed by atoms with E-state index in [1.54, 1.807) is 20.8 Å². The van der Waals surface area contributed by atoms with Crippen molar-refractivity contribution >= 4 is 64.0 Å². The number of ether oxygens (including phenoxy) is 1. The van der Waals surface area contributed by atoms with E-state index in [0.29, 0.717) is 32.0 Å². The molecule has 0 saturated carbocycles. The maximum atomic E-state index is 15.5. The summed E-state index contributed by atoms with van der Waals surface area (Å²) < 4.78 is 12.2. The second-order valence-corrected chi connectivity index (χ2v) is 38.7. The van der Waals surface area contributed by atoms with Crippen molar-refractivity contribution < 1.29 is 52.3 Å². The second-order valence-electron chi connectivity index (χ2n) is 29.9. The molecule has 9 atom stereocenters. The number of amides is 6. The SMILES string of the molecule is CCCCCCCCCCCCN1C(=O)C(CC(C)(C)C)C(C(C)(C)CC2C(=O)N(CCN(C)C)C(=O)C2C(C)(C)CC2C(=O)N(C(C)CC[Si](C)(C)O[Si](C)(C)CCCC)C(=O)C2C(C)(C)CC(C(=O)O)C(C)C(=O)OCC)C1=O. The van der Waals surface area contributed by atoms with Gasteiger partial charge >= 0.3 is 11.9 Å². The Morgan fingerprint density at radius 3 is 1.46 bits per heavy atom.